The first-order chi connectivity index (χ1) is 11.1. The Morgan fingerprint density at radius 3 is 2.46 bits per heavy atom. The Morgan fingerprint density at radius 1 is 1.17 bits per heavy atom. The smallest absolute Gasteiger partial charge is 0.301 e. The number of hydrogen-bond donors (Lipinski definition) is 1. The first kappa shape index (κ1) is 20.1. The molecule has 0 atom stereocenters. The van der Waals surface area contributed by atoms with Crippen LogP contribution in [0.4, 0.5) is 0 Å². The molecule has 1 aromatic heterocycles. The van der Waals surface area contributed by atoms with Crippen molar-refractivity contribution in [2.75, 3.05) is 0 Å². The van der Waals surface area contributed by atoms with Gasteiger partial charge in [0.2, 0.25) is 3.79 Å². The second-order valence-electron chi connectivity index (χ2n) is 4.86. The Balaban J connectivity index is 2.25. The zero-order valence-electron chi connectivity index (χ0n) is 12.4. The molecule has 4 nitrogen and oxygen atoms in total. The first-order valence-electron chi connectivity index (χ1n) is 6.87. The molecule has 0 bridgehead atoms. The van der Waals surface area contributed by atoms with Crippen LogP contribution in [0.3, 0.4) is 0 Å². The summed E-state index contributed by atoms with van der Waals surface area (Å²) in [6.45, 7) is 2.08. The van der Waals surface area contributed by atoms with Crippen molar-refractivity contribution in [1.29, 1.82) is 0 Å². The van der Waals surface area contributed by atoms with Crippen LogP contribution in [0.5, 0.6) is 0 Å². The molecule has 1 N–H and O–H groups in total. The largest absolute Gasteiger partial charge is 0.462 e. The van der Waals surface area contributed by atoms with Crippen LogP contribution in [0, 0.1) is 0 Å². The van der Waals surface area contributed by atoms with Gasteiger partial charge in [0, 0.05) is 6.42 Å². The standard InChI is InChI=1S/C14H13Cl6N3O/c1-2-3-10-6-7-11(24-10)5-4-9-8-12(13(15,16)17)22-23(21-9)14(18,19)20/h4-8,22H,2-3H2,1H3. The van der Waals surface area contributed by atoms with E-state index in [1.807, 2.05) is 12.1 Å². The molecule has 132 valence electrons. The first-order valence-corrected chi connectivity index (χ1v) is 9.14. The van der Waals surface area contributed by atoms with Crippen molar-refractivity contribution in [3.8, 4) is 0 Å². The number of furan rings is 1. The highest BCUT2D eigenvalue weighted by atomic mass is 35.6. The number of hydrazine groups is 1. The van der Waals surface area contributed by atoms with Crippen LogP contribution >= 0.6 is 69.6 Å². The molecule has 1 aliphatic rings. The molecule has 0 fully saturated rings. The van der Waals surface area contributed by atoms with Gasteiger partial charge in [-0.15, -0.1) is 0 Å². The molecule has 0 aliphatic carbocycles. The van der Waals surface area contributed by atoms with Gasteiger partial charge in [0.15, 0.2) is 0 Å². The second-order valence-corrected chi connectivity index (χ2v) is 9.36. The summed E-state index contributed by atoms with van der Waals surface area (Å²) in [6, 6.07) is 3.78. The molecule has 0 amide bonds. The number of hydrogen-bond acceptors (Lipinski definition) is 4. The van der Waals surface area contributed by atoms with E-state index in [-0.39, 0.29) is 5.70 Å². The molecule has 10 heteroatoms. The van der Waals surface area contributed by atoms with Crippen molar-refractivity contribution in [3.63, 3.8) is 0 Å². The van der Waals surface area contributed by atoms with E-state index in [1.54, 1.807) is 12.2 Å². The molecule has 2 heterocycles. The van der Waals surface area contributed by atoms with Gasteiger partial charge in [0.1, 0.15) is 11.5 Å². The third-order valence-electron chi connectivity index (χ3n) is 2.88. The maximum atomic E-state index is 5.89. The number of allylic oxidation sites excluding steroid dienone is 3. The van der Waals surface area contributed by atoms with Crippen molar-refractivity contribution in [1.82, 2.24) is 10.5 Å². The van der Waals surface area contributed by atoms with Gasteiger partial charge in [-0.05, 0) is 36.8 Å². The van der Waals surface area contributed by atoms with Gasteiger partial charge in [-0.3, -0.25) is 5.43 Å². The average molecular weight is 452 g/mol. The molecule has 0 saturated carbocycles. The van der Waals surface area contributed by atoms with E-state index < -0.39 is 7.71 Å². The molecule has 0 spiro atoms. The normalized spacial score (nSPS) is 16.2. The summed E-state index contributed by atoms with van der Waals surface area (Å²) in [4.78, 5) is 0. The van der Waals surface area contributed by atoms with Crippen LogP contribution in [0.25, 0.3) is 6.08 Å². The molecular weight excluding hydrogens is 439 g/mol. The number of halogens is 6. The van der Waals surface area contributed by atoms with Crippen molar-refractivity contribution < 1.29 is 4.42 Å². The van der Waals surface area contributed by atoms with E-state index >= 15 is 0 Å². The molecule has 1 aromatic rings. The molecule has 24 heavy (non-hydrogen) atoms. The lowest BCUT2D eigenvalue weighted by Crippen LogP contribution is -2.47. The van der Waals surface area contributed by atoms with Crippen molar-refractivity contribution in [3.05, 3.63) is 41.5 Å². The van der Waals surface area contributed by atoms with Crippen LogP contribution in [-0.4, -0.2) is 18.5 Å². The maximum absolute atomic E-state index is 5.89. The lowest BCUT2D eigenvalue weighted by atomic mass is 10.2. The van der Waals surface area contributed by atoms with Gasteiger partial charge in [0.25, 0.3) is 0 Å². The molecule has 1 aliphatic heterocycles. The SMILES string of the molecule is CCCc1ccc(C=CC2=NN(C(Cl)(Cl)Cl)NC(C(Cl)(Cl)Cl)=C2)o1. The van der Waals surface area contributed by atoms with E-state index in [2.05, 4.69) is 17.5 Å². The van der Waals surface area contributed by atoms with Crippen LogP contribution in [0.1, 0.15) is 24.9 Å². The molecule has 0 radical (unpaired) electrons. The minimum absolute atomic E-state index is 0.194. The zero-order valence-corrected chi connectivity index (χ0v) is 16.9. The molecule has 0 aromatic carbocycles. The summed E-state index contributed by atoms with van der Waals surface area (Å²) >= 11 is 35.2. The quantitative estimate of drug-likeness (QED) is 0.450. The van der Waals surface area contributed by atoms with Gasteiger partial charge in [-0.2, -0.15) is 10.2 Å². The van der Waals surface area contributed by atoms with Crippen molar-refractivity contribution in [2.24, 2.45) is 5.10 Å². The van der Waals surface area contributed by atoms with Crippen LogP contribution in [-0.2, 0) is 6.42 Å². The highest BCUT2D eigenvalue weighted by Gasteiger charge is 2.37. The molecule has 2 rings (SSSR count). The summed E-state index contributed by atoms with van der Waals surface area (Å²) in [5.74, 6) is 1.58. The van der Waals surface area contributed by atoms with Gasteiger partial charge in [0.05, 0.1) is 11.4 Å². The van der Waals surface area contributed by atoms with E-state index in [1.165, 1.54) is 6.08 Å². The molecular formula is C14H13Cl6N3O. The minimum atomic E-state index is -1.87. The monoisotopic (exact) mass is 449 g/mol. The van der Waals surface area contributed by atoms with Crippen molar-refractivity contribution >= 4 is 81.4 Å². The van der Waals surface area contributed by atoms with Gasteiger partial charge in [-0.25, -0.2) is 0 Å². The lowest BCUT2D eigenvalue weighted by molar-refractivity contribution is 0.216. The predicted octanol–water partition coefficient (Wildman–Crippen LogP) is 6.00. The minimum Gasteiger partial charge on any atom is -0.462 e. The lowest BCUT2D eigenvalue weighted by Gasteiger charge is -2.33. The Morgan fingerprint density at radius 2 is 1.88 bits per heavy atom. The summed E-state index contributed by atoms with van der Waals surface area (Å²) < 4.78 is 2.05. The fourth-order valence-electron chi connectivity index (χ4n) is 1.84. The Hall–Kier alpha value is -0.230. The number of nitrogens with zero attached hydrogens (tertiary/aromatic N) is 2. The topological polar surface area (TPSA) is 40.8 Å². The average Bonchev–Trinajstić information content (AvgIpc) is 2.91. The van der Waals surface area contributed by atoms with E-state index in [9.17, 15) is 0 Å². The Labute approximate surface area is 169 Å². The molecule has 0 unspecified atom stereocenters. The van der Waals surface area contributed by atoms with Crippen LogP contribution < -0.4 is 5.43 Å². The van der Waals surface area contributed by atoms with E-state index in [0.717, 1.165) is 23.7 Å². The van der Waals surface area contributed by atoms with Gasteiger partial charge >= 0.3 is 3.92 Å². The third-order valence-corrected chi connectivity index (χ3v) is 3.97. The van der Waals surface area contributed by atoms with Gasteiger partial charge < -0.3 is 4.42 Å². The maximum Gasteiger partial charge on any atom is 0.301 e. The fraction of sp³-hybridized carbons (Fsp3) is 0.357. The molecule has 0 saturated heterocycles. The van der Waals surface area contributed by atoms with Gasteiger partial charge in [-0.1, -0.05) is 76.5 Å². The van der Waals surface area contributed by atoms with E-state index in [4.69, 9.17) is 74.0 Å². The number of aryl methyl sites for hydroxylation is 1. The summed E-state index contributed by atoms with van der Waals surface area (Å²) in [7, 11) is 0. The number of hydrazone groups is 1. The van der Waals surface area contributed by atoms with E-state index in [0.29, 0.717) is 11.5 Å². The number of rotatable bonds is 4. The summed E-state index contributed by atoms with van der Waals surface area (Å²) in [6.07, 6.45) is 6.80. The number of nitrogens with one attached hydrogen (secondary N) is 1. The highest BCUT2D eigenvalue weighted by molar-refractivity contribution is 6.69. The Bertz CT molecular complexity index is 669. The highest BCUT2D eigenvalue weighted by Crippen LogP contribution is 2.37. The Kier molecular flexibility index (Phi) is 6.68. The summed E-state index contributed by atoms with van der Waals surface area (Å²) in [5, 5.41) is 5.11. The zero-order chi connectivity index (χ0) is 18.0. The van der Waals surface area contributed by atoms with Crippen LogP contribution in [0.15, 0.2) is 39.5 Å². The third kappa shape index (κ3) is 5.65. The second kappa shape index (κ2) is 7.98. The summed E-state index contributed by atoms with van der Waals surface area (Å²) in [5.41, 5.74) is 3.25. The fourth-order valence-corrected chi connectivity index (χ4v) is 2.37. The van der Waals surface area contributed by atoms with Crippen molar-refractivity contribution in [2.45, 2.75) is 27.5 Å². The number of alkyl halides is 6. The predicted molar refractivity (Wildman–Crippen MR) is 103 cm³/mol. The van der Waals surface area contributed by atoms with Crippen LogP contribution in [0.2, 0.25) is 0 Å².